The molecule has 6 nitrogen and oxygen atoms in total. The number of nitrogens with one attached hydrogen (secondary N) is 1. The molecule has 3 N–H and O–H groups in total. The number of fused-ring (bicyclic) bond motifs is 1. The fourth-order valence-corrected chi connectivity index (χ4v) is 3.61. The maximum atomic E-state index is 13.1. The van der Waals surface area contributed by atoms with Gasteiger partial charge in [0.05, 0.1) is 32.0 Å². The number of para-hydroxylation sites is 1. The molecule has 4 rings (SSSR count). The van der Waals surface area contributed by atoms with Crippen LogP contribution in [0, 0.1) is 0 Å². The van der Waals surface area contributed by atoms with Crippen molar-refractivity contribution in [1.82, 2.24) is 19.5 Å². The summed E-state index contributed by atoms with van der Waals surface area (Å²) in [6.07, 6.45) is -3.38. The molecular weight excluding hydrogens is 464 g/mol. The van der Waals surface area contributed by atoms with E-state index in [0.29, 0.717) is 15.7 Å². The van der Waals surface area contributed by atoms with Crippen molar-refractivity contribution in [3.63, 3.8) is 0 Å². The summed E-state index contributed by atoms with van der Waals surface area (Å²) in [6.45, 7) is 0. The molecule has 4 aromatic rings. The summed E-state index contributed by atoms with van der Waals surface area (Å²) in [7, 11) is 0. The van der Waals surface area contributed by atoms with Gasteiger partial charge in [0.1, 0.15) is 6.33 Å². The van der Waals surface area contributed by atoms with E-state index in [1.165, 1.54) is 17.0 Å². The van der Waals surface area contributed by atoms with Crippen LogP contribution in [0.4, 0.5) is 30.6 Å². The molecule has 0 aliphatic heterocycles. The molecular formula is C18H10Cl3F3N6. The van der Waals surface area contributed by atoms with E-state index in [1.54, 1.807) is 18.2 Å². The van der Waals surface area contributed by atoms with Crippen LogP contribution in [0.25, 0.3) is 16.9 Å². The molecule has 12 heteroatoms. The number of hydrogen-bond donors (Lipinski definition) is 2. The average molecular weight is 474 g/mol. The molecule has 0 aliphatic carbocycles. The molecule has 0 radical (unpaired) electrons. The number of alkyl halides is 3. The van der Waals surface area contributed by atoms with Gasteiger partial charge in [-0.2, -0.15) is 13.2 Å². The first-order chi connectivity index (χ1) is 14.2. The van der Waals surface area contributed by atoms with Crippen molar-refractivity contribution < 1.29 is 13.2 Å². The zero-order chi connectivity index (χ0) is 21.6. The number of nitrogens with two attached hydrogens (primary N) is 1. The van der Waals surface area contributed by atoms with Gasteiger partial charge in [-0.05, 0) is 30.3 Å². The van der Waals surface area contributed by atoms with Gasteiger partial charge in [-0.1, -0.05) is 40.9 Å². The highest BCUT2D eigenvalue weighted by Gasteiger charge is 2.33. The minimum atomic E-state index is -4.59. The number of imidazole rings is 1. The Morgan fingerprint density at radius 2 is 1.67 bits per heavy atom. The van der Waals surface area contributed by atoms with Gasteiger partial charge in [0.25, 0.3) is 0 Å². The van der Waals surface area contributed by atoms with Crippen LogP contribution in [-0.4, -0.2) is 19.5 Å². The molecule has 0 aliphatic rings. The monoisotopic (exact) mass is 472 g/mol. The number of nitrogens with zero attached hydrogens (tertiary/aromatic N) is 4. The van der Waals surface area contributed by atoms with Gasteiger partial charge in [0.2, 0.25) is 5.95 Å². The molecule has 0 saturated carbocycles. The Labute approximate surface area is 182 Å². The van der Waals surface area contributed by atoms with Crippen molar-refractivity contribution in [2.45, 2.75) is 6.18 Å². The third kappa shape index (κ3) is 3.60. The zero-order valence-electron chi connectivity index (χ0n) is 14.7. The first kappa shape index (κ1) is 20.5. The first-order valence-corrected chi connectivity index (χ1v) is 9.37. The van der Waals surface area contributed by atoms with Crippen molar-refractivity contribution in [2.24, 2.45) is 0 Å². The lowest BCUT2D eigenvalue weighted by Crippen LogP contribution is -2.08. The number of anilines is 3. The average Bonchev–Trinajstić information content (AvgIpc) is 3.03. The minimum Gasteiger partial charge on any atom is -0.382 e. The van der Waals surface area contributed by atoms with Crippen molar-refractivity contribution in [3.8, 4) is 5.69 Å². The van der Waals surface area contributed by atoms with Gasteiger partial charge < -0.3 is 11.1 Å². The van der Waals surface area contributed by atoms with Crippen molar-refractivity contribution in [1.29, 1.82) is 0 Å². The van der Waals surface area contributed by atoms with E-state index in [2.05, 4.69) is 20.3 Å². The second kappa shape index (κ2) is 7.50. The molecule has 0 amide bonds. The second-order valence-electron chi connectivity index (χ2n) is 6.09. The second-order valence-corrected chi connectivity index (χ2v) is 7.31. The van der Waals surface area contributed by atoms with Crippen LogP contribution in [0.15, 0.2) is 42.7 Å². The molecule has 2 aromatic carbocycles. The van der Waals surface area contributed by atoms with E-state index in [-0.39, 0.29) is 28.6 Å². The number of benzene rings is 2. The maximum absolute atomic E-state index is 13.1. The number of halogens is 6. The lowest BCUT2D eigenvalue weighted by Gasteiger charge is -2.14. The third-order valence-corrected chi connectivity index (χ3v) is 5.13. The standard InChI is InChI=1S/C18H10Cl3F3N6/c19-10-2-1-3-11(20)13(10)28-17-29-14-15(25)26-7-27-16(14)30(17)8-4-5-9(12(21)6-8)18(22,23)24/h1-7H,(H,28,29)(H2,25,26,27). The van der Waals surface area contributed by atoms with Crippen molar-refractivity contribution in [3.05, 3.63) is 63.4 Å². The fourth-order valence-electron chi connectivity index (χ4n) is 2.84. The van der Waals surface area contributed by atoms with E-state index < -0.39 is 16.8 Å². The van der Waals surface area contributed by atoms with E-state index in [1.807, 2.05) is 0 Å². The number of rotatable bonds is 3. The highest BCUT2D eigenvalue weighted by atomic mass is 35.5. The Balaban J connectivity index is 1.94. The van der Waals surface area contributed by atoms with Crippen LogP contribution in [0.1, 0.15) is 5.56 Å². The van der Waals surface area contributed by atoms with Crippen LogP contribution in [0.5, 0.6) is 0 Å². The molecule has 0 bridgehead atoms. The summed E-state index contributed by atoms with van der Waals surface area (Å²) < 4.78 is 40.7. The smallest absolute Gasteiger partial charge is 0.382 e. The van der Waals surface area contributed by atoms with E-state index >= 15 is 0 Å². The molecule has 0 unspecified atom stereocenters. The molecule has 30 heavy (non-hydrogen) atoms. The largest absolute Gasteiger partial charge is 0.417 e. The van der Waals surface area contributed by atoms with Crippen LogP contribution in [0.3, 0.4) is 0 Å². The van der Waals surface area contributed by atoms with Crippen molar-refractivity contribution >= 4 is 63.4 Å². The number of nitrogen functional groups attached to an aromatic ring is 1. The molecule has 2 heterocycles. The van der Waals surface area contributed by atoms with E-state index in [0.717, 1.165) is 12.1 Å². The minimum absolute atomic E-state index is 0.0880. The molecule has 0 spiro atoms. The maximum Gasteiger partial charge on any atom is 0.417 e. The van der Waals surface area contributed by atoms with Crippen LogP contribution < -0.4 is 11.1 Å². The lowest BCUT2D eigenvalue weighted by atomic mass is 10.2. The predicted octanol–water partition coefficient (Wildman–Crippen LogP) is 6.12. The van der Waals surface area contributed by atoms with Crippen LogP contribution >= 0.6 is 34.8 Å². The normalized spacial score (nSPS) is 11.8. The fraction of sp³-hybridized carbons (Fsp3) is 0.0556. The van der Waals surface area contributed by atoms with Crippen LogP contribution in [-0.2, 0) is 6.18 Å². The molecule has 2 aromatic heterocycles. The molecule has 0 atom stereocenters. The topological polar surface area (TPSA) is 81.7 Å². The summed E-state index contributed by atoms with van der Waals surface area (Å²) in [4.78, 5) is 12.4. The summed E-state index contributed by atoms with van der Waals surface area (Å²) in [5.41, 5.74) is 6.04. The number of hydrogen-bond acceptors (Lipinski definition) is 5. The zero-order valence-corrected chi connectivity index (χ0v) is 16.9. The quantitative estimate of drug-likeness (QED) is 0.375. The summed E-state index contributed by atoms with van der Waals surface area (Å²) in [5.74, 6) is 0.244. The summed E-state index contributed by atoms with van der Waals surface area (Å²) in [5, 5.41) is 3.13. The number of aromatic nitrogens is 4. The van der Waals surface area contributed by atoms with Gasteiger partial charge in [-0.3, -0.25) is 4.57 Å². The molecule has 0 fully saturated rings. The van der Waals surface area contributed by atoms with E-state index in [9.17, 15) is 13.2 Å². The van der Waals surface area contributed by atoms with Crippen molar-refractivity contribution in [2.75, 3.05) is 11.1 Å². The Morgan fingerprint density at radius 1 is 0.967 bits per heavy atom. The Morgan fingerprint density at radius 3 is 2.30 bits per heavy atom. The Kier molecular flexibility index (Phi) is 5.13. The van der Waals surface area contributed by atoms with Gasteiger partial charge in [-0.25, -0.2) is 15.0 Å². The highest BCUT2D eigenvalue weighted by Crippen LogP contribution is 2.38. The Hall–Kier alpha value is -2.75. The van der Waals surface area contributed by atoms with Gasteiger partial charge in [0, 0.05) is 0 Å². The first-order valence-electron chi connectivity index (χ1n) is 8.24. The van der Waals surface area contributed by atoms with Gasteiger partial charge in [0.15, 0.2) is 17.0 Å². The van der Waals surface area contributed by atoms with Gasteiger partial charge >= 0.3 is 6.18 Å². The molecule has 0 saturated heterocycles. The lowest BCUT2D eigenvalue weighted by molar-refractivity contribution is -0.137. The van der Waals surface area contributed by atoms with Gasteiger partial charge in [-0.15, -0.1) is 0 Å². The Bertz CT molecular complexity index is 1250. The van der Waals surface area contributed by atoms with E-state index in [4.69, 9.17) is 40.5 Å². The van der Waals surface area contributed by atoms with Crippen LogP contribution in [0.2, 0.25) is 15.1 Å². The molecule has 154 valence electrons. The summed E-state index contributed by atoms with van der Waals surface area (Å²) in [6, 6.07) is 8.17. The SMILES string of the molecule is Nc1ncnc2c1nc(Nc1c(Cl)cccc1Cl)n2-c1ccc(C(F)(F)F)c(Cl)c1. The predicted molar refractivity (Wildman–Crippen MR) is 111 cm³/mol. The third-order valence-electron chi connectivity index (χ3n) is 4.19. The summed E-state index contributed by atoms with van der Waals surface area (Å²) >= 11 is 18.3. The highest BCUT2D eigenvalue weighted by molar-refractivity contribution is 6.39.